The van der Waals surface area contributed by atoms with Crippen LogP contribution < -0.4 is 0 Å². The molecule has 2 aromatic rings. The summed E-state index contributed by atoms with van der Waals surface area (Å²) in [5.41, 5.74) is 0. The summed E-state index contributed by atoms with van der Waals surface area (Å²) in [6, 6.07) is 4.50. The first kappa shape index (κ1) is 10.5. The average molecular weight is 243 g/mol. The van der Waals surface area contributed by atoms with Crippen molar-refractivity contribution < 1.29 is 0 Å². The fourth-order valence-corrected chi connectivity index (χ4v) is 2.94. The zero-order valence-corrected chi connectivity index (χ0v) is 10.1. The summed E-state index contributed by atoms with van der Waals surface area (Å²) in [6.45, 7) is 0.927. The summed E-state index contributed by atoms with van der Waals surface area (Å²) in [5.74, 6) is 0.410. The van der Waals surface area contributed by atoms with Crippen molar-refractivity contribution in [3.63, 3.8) is 0 Å². The summed E-state index contributed by atoms with van der Waals surface area (Å²) in [6.07, 6.45) is 11.8. The predicted octanol–water partition coefficient (Wildman–Crippen LogP) is 2.94. The fraction of sp³-hybridized carbons (Fsp3) is 0.231. The van der Waals surface area contributed by atoms with E-state index in [0.29, 0.717) is 5.92 Å². The van der Waals surface area contributed by atoms with Crippen LogP contribution in [0.4, 0.5) is 0 Å². The molecule has 17 heavy (non-hydrogen) atoms. The molecule has 3 rings (SSSR count). The lowest BCUT2D eigenvalue weighted by molar-refractivity contribution is 0.451. The molecule has 3 nitrogen and oxygen atoms in total. The molecular weight excluding hydrogens is 230 g/mol. The Bertz CT molecular complexity index is 511. The van der Waals surface area contributed by atoms with Gasteiger partial charge in [0.15, 0.2) is 0 Å². The average Bonchev–Trinajstić information content (AvgIpc) is 3.01. The van der Waals surface area contributed by atoms with Gasteiger partial charge in [0.05, 0.1) is 12.4 Å². The van der Waals surface area contributed by atoms with Crippen LogP contribution in [0.5, 0.6) is 0 Å². The quantitative estimate of drug-likeness (QED) is 0.815. The molecule has 3 heterocycles. The van der Waals surface area contributed by atoms with Gasteiger partial charge in [0.25, 0.3) is 0 Å². The first-order chi connectivity index (χ1) is 8.43. The SMILES string of the molecule is C1=CC(Cn2ccnc2)C(c2cccs2)N=C1. The Morgan fingerprint density at radius 1 is 1.41 bits per heavy atom. The Balaban J connectivity index is 1.82. The normalized spacial score (nSPS) is 23.1. The molecule has 0 saturated heterocycles. The number of thiophene rings is 1. The van der Waals surface area contributed by atoms with Gasteiger partial charge < -0.3 is 4.57 Å². The van der Waals surface area contributed by atoms with E-state index in [1.807, 2.05) is 31.0 Å². The number of aromatic nitrogens is 2. The molecule has 0 saturated carbocycles. The summed E-state index contributed by atoms with van der Waals surface area (Å²) < 4.78 is 2.11. The second-order valence-corrected chi connectivity index (χ2v) is 5.05. The van der Waals surface area contributed by atoms with Crippen LogP contribution in [0.1, 0.15) is 10.9 Å². The van der Waals surface area contributed by atoms with Gasteiger partial charge in [0.1, 0.15) is 0 Å². The molecular formula is C13H13N3S. The Hall–Kier alpha value is -1.68. The van der Waals surface area contributed by atoms with Gasteiger partial charge in [-0.1, -0.05) is 12.1 Å². The van der Waals surface area contributed by atoms with E-state index in [0.717, 1.165) is 6.54 Å². The number of rotatable bonds is 3. The predicted molar refractivity (Wildman–Crippen MR) is 70.4 cm³/mol. The molecule has 0 aliphatic carbocycles. The van der Waals surface area contributed by atoms with Crippen molar-refractivity contribution >= 4 is 17.6 Å². The number of allylic oxidation sites excluding steroid dienone is 1. The third-order valence-electron chi connectivity index (χ3n) is 2.91. The smallest absolute Gasteiger partial charge is 0.0946 e. The lowest BCUT2D eigenvalue weighted by atomic mass is 9.96. The molecule has 0 aromatic carbocycles. The van der Waals surface area contributed by atoms with Crippen molar-refractivity contribution in [2.45, 2.75) is 12.6 Å². The van der Waals surface area contributed by atoms with Crippen LogP contribution in [-0.2, 0) is 6.54 Å². The minimum absolute atomic E-state index is 0.252. The maximum absolute atomic E-state index is 4.60. The van der Waals surface area contributed by atoms with Crippen LogP contribution in [0.3, 0.4) is 0 Å². The van der Waals surface area contributed by atoms with Gasteiger partial charge in [-0.15, -0.1) is 11.3 Å². The third-order valence-corrected chi connectivity index (χ3v) is 3.86. The van der Waals surface area contributed by atoms with Crippen LogP contribution >= 0.6 is 11.3 Å². The number of nitrogens with zero attached hydrogens (tertiary/aromatic N) is 3. The Kier molecular flexibility index (Phi) is 2.88. The highest BCUT2D eigenvalue weighted by atomic mass is 32.1. The molecule has 1 aliphatic rings. The second kappa shape index (κ2) is 4.67. The van der Waals surface area contributed by atoms with Gasteiger partial charge in [-0.3, -0.25) is 4.99 Å². The zero-order chi connectivity index (χ0) is 11.5. The van der Waals surface area contributed by atoms with Crippen molar-refractivity contribution in [3.05, 3.63) is 53.3 Å². The van der Waals surface area contributed by atoms with E-state index in [9.17, 15) is 0 Å². The van der Waals surface area contributed by atoms with E-state index in [4.69, 9.17) is 0 Å². The lowest BCUT2D eigenvalue weighted by Gasteiger charge is -2.22. The largest absolute Gasteiger partial charge is 0.337 e. The van der Waals surface area contributed by atoms with Gasteiger partial charge in [-0.25, -0.2) is 4.98 Å². The molecule has 2 aromatic heterocycles. The van der Waals surface area contributed by atoms with Crippen LogP contribution in [0.2, 0.25) is 0 Å². The molecule has 2 atom stereocenters. The summed E-state index contributed by atoms with van der Waals surface area (Å²) in [5, 5.41) is 2.11. The second-order valence-electron chi connectivity index (χ2n) is 4.07. The van der Waals surface area contributed by atoms with Gasteiger partial charge in [-0.05, 0) is 17.5 Å². The van der Waals surface area contributed by atoms with Gasteiger partial charge in [0, 0.05) is 35.9 Å². The number of hydrogen-bond acceptors (Lipinski definition) is 3. The van der Waals surface area contributed by atoms with Crippen LogP contribution in [0, 0.1) is 5.92 Å². The summed E-state index contributed by atoms with van der Waals surface area (Å²) in [7, 11) is 0. The Morgan fingerprint density at radius 2 is 2.41 bits per heavy atom. The zero-order valence-electron chi connectivity index (χ0n) is 9.31. The number of aliphatic imine (C=N–C) groups is 1. The maximum Gasteiger partial charge on any atom is 0.0946 e. The van der Waals surface area contributed by atoms with Gasteiger partial charge in [0.2, 0.25) is 0 Å². The van der Waals surface area contributed by atoms with Crippen LogP contribution in [-0.4, -0.2) is 15.8 Å². The first-order valence-electron chi connectivity index (χ1n) is 5.62. The summed E-state index contributed by atoms with van der Waals surface area (Å²) >= 11 is 1.77. The minimum atomic E-state index is 0.252. The molecule has 0 bridgehead atoms. The van der Waals surface area contributed by atoms with E-state index in [-0.39, 0.29) is 6.04 Å². The molecule has 86 valence electrons. The molecule has 0 spiro atoms. The monoisotopic (exact) mass is 243 g/mol. The standard InChI is InChI=1S/C13H13N3S/c1-3-11(9-16-7-6-14-10-16)13(15-5-1)12-4-2-8-17-12/h1-8,10-11,13H,9H2. The van der Waals surface area contributed by atoms with E-state index < -0.39 is 0 Å². The number of hydrogen-bond donors (Lipinski definition) is 0. The first-order valence-corrected chi connectivity index (χ1v) is 6.50. The molecule has 0 radical (unpaired) electrons. The topological polar surface area (TPSA) is 30.2 Å². The minimum Gasteiger partial charge on any atom is -0.337 e. The molecule has 4 heteroatoms. The highest BCUT2D eigenvalue weighted by Crippen LogP contribution is 2.33. The molecule has 0 fully saturated rings. The lowest BCUT2D eigenvalue weighted by Crippen LogP contribution is -2.16. The number of imidazole rings is 1. The van der Waals surface area contributed by atoms with Crippen molar-refractivity contribution in [2.24, 2.45) is 10.9 Å². The van der Waals surface area contributed by atoms with E-state index >= 15 is 0 Å². The van der Waals surface area contributed by atoms with Gasteiger partial charge in [-0.2, -0.15) is 0 Å². The van der Waals surface area contributed by atoms with Crippen molar-refractivity contribution in [2.75, 3.05) is 0 Å². The highest BCUT2D eigenvalue weighted by molar-refractivity contribution is 7.10. The molecule has 2 unspecified atom stereocenters. The Morgan fingerprint density at radius 3 is 3.18 bits per heavy atom. The molecule has 0 N–H and O–H groups in total. The van der Waals surface area contributed by atoms with Crippen LogP contribution in [0.25, 0.3) is 0 Å². The molecule has 1 aliphatic heterocycles. The van der Waals surface area contributed by atoms with E-state index in [1.54, 1.807) is 11.3 Å². The fourth-order valence-electron chi connectivity index (χ4n) is 2.09. The Labute approximate surface area is 104 Å². The van der Waals surface area contributed by atoms with Crippen molar-refractivity contribution in [1.82, 2.24) is 9.55 Å². The van der Waals surface area contributed by atoms with E-state index in [2.05, 4.69) is 38.1 Å². The van der Waals surface area contributed by atoms with Crippen molar-refractivity contribution in [3.8, 4) is 0 Å². The molecule has 0 amide bonds. The van der Waals surface area contributed by atoms with Crippen molar-refractivity contribution in [1.29, 1.82) is 0 Å². The van der Waals surface area contributed by atoms with E-state index in [1.165, 1.54) is 4.88 Å². The third kappa shape index (κ3) is 2.22. The van der Waals surface area contributed by atoms with Crippen LogP contribution in [0.15, 0.2) is 53.4 Å². The van der Waals surface area contributed by atoms with Gasteiger partial charge >= 0.3 is 0 Å². The highest BCUT2D eigenvalue weighted by Gasteiger charge is 2.22. The number of dihydropyridines is 1. The summed E-state index contributed by atoms with van der Waals surface area (Å²) in [4.78, 5) is 10.0. The maximum atomic E-state index is 4.60.